The van der Waals surface area contributed by atoms with Crippen molar-refractivity contribution in [2.75, 3.05) is 0 Å². The summed E-state index contributed by atoms with van der Waals surface area (Å²) in [6.07, 6.45) is 5.32. The number of aromatic nitrogens is 3. The predicted octanol–water partition coefficient (Wildman–Crippen LogP) is 2.83. The summed E-state index contributed by atoms with van der Waals surface area (Å²) in [5.41, 5.74) is 1.06. The highest BCUT2D eigenvalue weighted by atomic mass is 16.4. The fourth-order valence-corrected chi connectivity index (χ4v) is 2.69. The van der Waals surface area contributed by atoms with E-state index < -0.39 is 5.97 Å². The molecule has 0 aliphatic heterocycles. The van der Waals surface area contributed by atoms with Crippen LogP contribution in [0, 0.1) is 0 Å². The molecule has 0 fully saturated rings. The number of pyridine rings is 1. The van der Waals surface area contributed by atoms with E-state index in [0.717, 1.165) is 12.8 Å². The number of carbonyl (C=O) groups is 1. The summed E-state index contributed by atoms with van der Waals surface area (Å²) in [6.45, 7) is 8.20. The molecule has 0 atom stereocenters. The molecule has 2 rings (SSSR count). The molecule has 0 amide bonds. The normalized spacial score (nSPS) is 11.2. The molecule has 2 heterocycles. The van der Waals surface area contributed by atoms with Crippen molar-refractivity contribution < 1.29 is 9.90 Å². The van der Waals surface area contributed by atoms with E-state index in [4.69, 9.17) is 5.11 Å². The average molecular weight is 303 g/mol. The molecule has 0 bridgehead atoms. The molecule has 2 aromatic rings. The topological polar surface area (TPSA) is 77.1 Å². The van der Waals surface area contributed by atoms with Crippen molar-refractivity contribution in [2.24, 2.45) is 0 Å². The first-order chi connectivity index (χ1) is 10.5. The number of fused-ring (bicyclic) bond motifs is 1. The molecule has 118 valence electrons. The highest BCUT2D eigenvalue weighted by Gasteiger charge is 2.20. The van der Waals surface area contributed by atoms with Gasteiger partial charge in [-0.1, -0.05) is 19.9 Å². The molecule has 0 unspecified atom stereocenters. The van der Waals surface area contributed by atoms with Crippen LogP contribution in [-0.4, -0.2) is 25.2 Å². The van der Waals surface area contributed by atoms with E-state index in [-0.39, 0.29) is 17.3 Å². The second kappa shape index (κ2) is 6.60. The molecule has 1 N–H and O–H groups in total. The second-order valence-corrected chi connectivity index (χ2v) is 5.22. The molecule has 0 saturated carbocycles. The molecule has 0 radical (unpaired) electrons. The predicted molar refractivity (Wildman–Crippen MR) is 85.4 cm³/mol. The monoisotopic (exact) mass is 303 g/mol. The average Bonchev–Trinajstić information content (AvgIpc) is 2.78. The van der Waals surface area contributed by atoms with Crippen LogP contribution >= 0.6 is 0 Å². The quantitative estimate of drug-likeness (QED) is 0.798. The zero-order valence-electron chi connectivity index (χ0n) is 13.0. The van der Waals surface area contributed by atoms with Crippen LogP contribution in [0.25, 0.3) is 11.2 Å². The van der Waals surface area contributed by atoms with Crippen LogP contribution in [0.2, 0.25) is 0 Å². The Labute approximate surface area is 128 Å². The van der Waals surface area contributed by atoms with Crippen molar-refractivity contribution in [3.05, 3.63) is 41.0 Å². The van der Waals surface area contributed by atoms with E-state index >= 15 is 0 Å². The van der Waals surface area contributed by atoms with Crippen molar-refractivity contribution in [3.8, 4) is 0 Å². The van der Waals surface area contributed by atoms with Crippen molar-refractivity contribution >= 4 is 17.1 Å². The Bertz CT molecular complexity index is 754. The lowest BCUT2D eigenvalue weighted by atomic mass is 10.1. The number of carboxylic acid groups (broad SMARTS) is 1. The molecule has 0 saturated heterocycles. The Morgan fingerprint density at radius 2 is 2.14 bits per heavy atom. The van der Waals surface area contributed by atoms with Gasteiger partial charge in [-0.15, -0.1) is 6.58 Å². The van der Waals surface area contributed by atoms with Crippen molar-refractivity contribution in [1.82, 2.24) is 14.1 Å². The zero-order chi connectivity index (χ0) is 16.3. The van der Waals surface area contributed by atoms with Gasteiger partial charge in [0.1, 0.15) is 0 Å². The minimum Gasteiger partial charge on any atom is -0.478 e. The van der Waals surface area contributed by atoms with E-state index in [1.54, 1.807) is 15.2 Å². The number of hydrogen-bond donors (Lipinski definition) is 1. The number of hydrogen-bond acceptors (Lipinski definition) is 3. The number of aromatic carboxylic acids is 1. The molecule has 0 aliphatic carbocycles. The number of aryl methyl sites for hydroxylation is 1. The first-order valence-electron chi connectivity index (χ1n) is 7.50. The van der Waals surface area contributed by atoms with Crippen LogP contribution in [0.3, 0.4) is 0 Å². The molecule has 0 aliphatic rings. The lowest BCUT2D eigenvalue weighted by Crippen LogP contribution is -2.27. The van der Waals surface area contributed by atoms with Gasteiger partial charge in [-0.3, -0.25) is 9.13 Å². The number of nitrogens with zero attached hydrogens (tertiary/aromatic N) is 3. The largest absolute Gasteiger partial charge is 0.478 e. The van der Waals surface area contributed by atoms with Gasteiger partial charge in [-0.05, 0) is 25.3 Å². The Kier molecular flexibility index (Phi) is 4.80. The lowest BCUT2D eigenvalue weighted by molar-refractivity contribution is 0.0696. The first kappa shape index (κ1) is 16.0. The Hall–Kier alpha value is -2.37. The summed E-state index contributed by atoms with van der Waals surface area (Å²) in [4.78, 5) is 28.1. The van der Waals surface area contributed by atoms with E-state index in [0.29, 0.717) is 24.1 Å². The third-order valence-electron chi connectivity index (χ3n) is 3.91. The van der Waals surface area contributed by atoms with Crippen LogP contribution in [-0.2, 0) is 6.54 Å². The van der Waals surface area contributed by atoms with Crippen LogP contribution in [0.4, 0.5) is 0 Å². The van der Waals surface area contributed by atoms with Gasteiger partial charge in [0.05, 0.1) is 11.1 Å². The van der Waals surface area contributed by atoms with Crippen LogP contribution in [0.15, 0.2) is 29.7 Å². The molecule has 0 aromatic carbocycles. The Morgan fingerprint density at radius 1 is 1.45 bits per heavy atom. The fraction of sp³-hybridized carbons (Fsp3) is 0.438. The van der Waals surface area contributed by atoms with Gasteiger partial charge in [-0.25, -0.2) is 14.6 Å². The maximum Gasteiger partial charge on any atom is 0.337 e. The number of rotatable bonds is 7. The molecule has 6 nitrogen and oxygen atoms in total. The number of carboxylic acids is 1. The van der Waals surface area contributed by atoms with Crippen molar-refractivity contribution in [1.29, 1.82) is 0 Å². The molecular weight excluding hydrogens is 282 g/mol. The maximum absolute atomic E-state index is 12.7. The smallest absolute Gasteiger partial charge is 0.337 e. The summed E-state index contributed by atoms with van der Waals surface area (Å²) in [7, 11) is 0. The lowest BCUT2D eigenvalue weighted by Gasteiger charge is -2.13. The molecule has 22 heavy (non-hydrogen) atoms. The first-order valence-corrected chi connectivity index (χ1v) is 7.50. The molecular formula is C16H21N3O3. The van der Waals surface area contributed by atoms with E-state index in [2.05, 4.69) is 11.6 Å². The van der Waals surface area contributed by atoms with Gasteiger partial charge >= 0.3 is 11.7 Å². The van der Waals surface area contributed by atoms with Crippen molar-refractivity contribution in [2.45, 2.75) is 45.7 Å². The highest BCUT2D eigenvalue weighted by molar-refractivity contribution is 5.91. The number of imidazole rings is 1. The Morgan fingerprint density at radius 3 is 2.68 bits per heavy atom. The molecule has 6 heteroatoms. The van der Waals surface area contributed by atoms with Gasteiger partial charge in [0.2, 0.25) is 0 Å². The Balaban J connectivity index is 2.75. The number of allylic oxidation sites excluding steroid dienone is 1. The van der Waals surface area contributed by atoms with Crippen molar-refractivity contribution in [3.63, 3.8) is 0 Å². The summed E-state index contributed by atoms with van der Waals surface area (Å²) in [5.74, 6) is -1.05. The van der Waals surface area contributed by atoms with Gasteiger partial charge < -0.3 is 5.11 Å². The zero-order valence-corrected chi connectivity index (χ0v) is 13.0. The molecule has 2 aromatic heterocycles. The summed E-state index contributed by atoms with van der Waals surface area (Å²) in [5, 5.41) is 9.14. The van der Waals surface area contributed by atoms with Gasteiger partial charge in [0.15, 0.2) is 5.65 Å². The summed E-state index contributed by atoms with van der Waals surface area (Å²) < 4.78 is 3.28. The van der Waals surface area contributed by atoms with E-state index in [1.807, 2.05) is 13.8 Å². The van der Waals surface area contributed by atoms with Gasteiger partial charge in [0, 0.05) is 18.8 Å². The van der Waals surface area contributed by atoms with Gasteiger partial charge in [0.25, 0.3) is 0 Å². The summed E-state index contributed by atoms with van der Waals surface area (Å²) in [6, 6.07) is 1.58. The fourth-order valence-electron chi connectivity index (χ4n) is 2.69. The van der Waals surface area contributed by atoms with Crippen LogP contribution < -0.4 is 5.69 Å². The third-order valence-corrected chi connectivity index (χ3v) is 3.91. The van der Waals surface area contributed by atoms with Crippen LogP contribution in [0.5, 0.6) is 0 Å². The highest BCUT2D eigenvalue weighted by Crippen LogP contribution is 2.21. The standard InChI is InChI=1S/C16H21N3O3/c1-4-7-8-18-13-9-11(15(20)21)10-17-14(13)19(16(18)22)12(5-2)6-3/h4,9-10,12H,1,5-8H2,2-3H3,(H,20,21). The van der Waals surface area contributed by atoms with E-state index in [9.17, 15) is 9.59 Å². The minimum absolute atomic E-state index is 0.0585. The summed E-state index contributed by atoms with van der Waals surface area (Å²) >= 11 is 0. The van der Waals surface area contributed by atoms with E-state index in [1.165, 1.54) is 12.3 Å². The second-order valence-electron chi connectivity index (χ2n) is 5.22. The third kappa shape index (κ3) is 2.68. The van der Waals surface area contributed by atoms with Crippen LogP contribution in [0.1, 0.15) is 49.5 Å². The SMILES string of the molecule is C=CCCn1c(=O)n(C(CC)CC)c2ncc(C(=O)O)cc21. The maximum atomic E-state index is 12.7. The van der Waals surface area contributed by atoms with Gasteiger partial charge in [-0.2, -0.15) is 0 Å². The minimum atomic E-state index is -1.05. The molecule has 0 spiro atoms.